The van der Waals surface area contributed by atoms with Gasteiger partial charge in [0.25, 0.3) is 5.56 Å². The fourth-order valence-corrected chi connectivity index (χ4v) is 0.996. The van der Waals surface area contributed by atoms with Gasteiger partial charge in [0.15, 0.2) is 0 Å². The number of nitrogen functional groups attached to an aromatic ring is 1. The summed E-state index contributed by atoms with van der Waals surface area (Å²) < 4.78 is 36.5. The van der Waals surface area contributed by atoms with Crippen molar-refractivity contribution in [1.82, 2.24) is 9.55 Å². The molecule has 1 aromatic rings. The van der Waals surface area contributed by atoms with Crippen molar-refractivity contribution in [3.05, 3.63) is 20.8 Å². The summed E-state index contributed by atoms with van der Waals surface area (Å²) in [5, 5.41) is 1.84. The number of H-pyrrole nitrogens is 1. The summed E-state index contributed by atoms with van der Waals surface area (Å²) in [5.41, 5.74) is 3.08. The summed E-state index contributed by atoms with van der Waals surface area (Å²) in [6, 6.07) is 0. The van der Waals surface area contributed by atoms with Gasteiger partial charge in [-0.25, -0.2) is 4.79 Å². The van der Waals surface area contributed by atoms with E-state index >= 15 is 0 Å². The number of halogens is 3. The van der Waals surface area contributed by atoms with Crippen molar-refractivity contribution in [2.75, 3.05) is 17.6 Å². The van der Waals surface area contributed by atoms with E-state index in [4.69, 9.17) is 5.73 Å². The van der Waals surface area contributed by atoms with Crippen molar-refractivity contribution in [2.45, 2.75) is 6.18 Å². The number of nitrogens with one attached hydrogen (secondary N) is 2. The first-order valence-electron chi connectivity index (χ1n) is 4.12. The quantitative estimate of drug-likeness (QED) is 0.655. The summed E-state index contributed by atoms with van der Waals surface area (Å²) in [5.74, 6) is -0.349. The number of aromatic nitrogens is 2. The molecule has 0 saturated carbocycles. The lowest BCUT2D eigenvalue weighted by atomic mass is 10.4. The Balaban J connectivity index is 3.11. The van der Waals surface area contributed by atoms with Gasteiger partial charge in [0.2, 0.25) is 0 Å². The Kier molecular flexibility index (Phi) is 2.97. The Morgan fingerprint density at radius 1 is 1.44 bits per heavy atom. The maximum atomic E-state index is 11.9. The second-order valence-corrected chi connectivity index (χ2v) is 3.05. The van der Waals surface area contributed by atoms with Crippen molar-refractivity contribution >= 4 is 11.5 Å². The fourth-order valence-electron chi connectivity index (χ4n) is 0.996. The van der Waals surface area contributed by atoms with Crippen molar-refractivity contribution in [2.24, 2.45) is 7.05 Å². The Morgan fingerprint density at radius 3 is 2.50 bits per heavy atom. The first-order valence-corrected chi connectivity index (χ1v) is 4.12. The molecule has 9 heteroatoms. The third kappa shape index (κ3) is 2.55. The summed E-state index contributed by atoms with van der Waals surface area (Å²) >= 11 is 0. The van der Waals surface area contributed by atoms with E-state index in [2.05, 4.69) is 0 Å². The number of hydrogen-bond acceptors (Lipinski definition) is 4. The van der Waals surface area contributed by atoms with Crippen LogP contribution in [0.15, 0.2) is 9.59 Å². The molecule has 0 aliphatic heterocycles. The minimum absolute atomic E-state index is 0.349. The van der Waals surface area contributed by atoms with E-state index in [0.717, 1.165) is 4.57 Å². The number of nitrogens with zero attached hydrogens (tertiary/aromatic N) is 1. The molecule has 1 heterocycles. The smallest absolute Gasteiger partial charge is 0.383 e. The van der Waals surface area contributed by atoms with Crippen LogP contribution in [0.1, 0.15) is 0 Å². The largest absolute Gasteiger partial charge is 0.405 e. The molecule has 0 amide bonds. The van der Waals surface area contributed by atoms with Gasteiger partial charge in [-0.1, -0.05) is 0 Å². The zero-order chi connectivity index (χ0) is 12.5. The molecule has 1 aromatic heterocycles. The zero-order valence-corrected chi connectivity index (χ0v) is 8.18. The van der Waals surface area contributed by atoms with Gasteiger partial charge in [-0.3, -0.25) is 14.3 Å². The van der Waals surface area contributed by atoms with Crippen LogP contribution in [0.3, 0.4) is 0 Å². The molecule has 0 aliphatic rings. The summed E-state index contributed by atoms with van der Waals surface area (Å²) in [4.78, 5) is 24.0. The predicted molar refractivity (Wildman–Crippen MR) is 51.3 cm³/mol. The Hall–Kier alpha value is -1.93. The normalized spacial score (nSPS) is 11.5. The number of nitrogens with two attached hydrogens (primary N) is 1. The highest BCUT2D eigenvalue weighted by molar-refractivity contribution is 5.60. The Bertz CT molecular complexity index is 502. The summed E-state index contributed by atoms with van der Waals surface area (Å²) in [7, 11) is 1.23. The van der Waals surface area contributed by atoms with Crippen molar-refractivity contribution in [3.63, 3.8) is 0 Å². The van der Waals surface area contributed by atoms with Crippen LogP contribution in [0.25, 0.3) is 0 Å². The van der Waals surface area contributed by atoms with Gasteiger partial charge < -0.3 is 11.1 Å². The lowest BCUT2D eigenvalue weighted by molar-refractivity contribution is -0.115. The number of rotatable bonds is 2. The Morgan fingerprint density at radius 2 is 2.00 bits per heavy atom. The lowest BCUT2D eigenvalue weighted by Gasteiger charge is -2.12. The Labute approximate surface area is 86.9 Å². The highest BCUT2D eigenvalue weighted by atomic mass is 19.4. The molecule has 0 aliphatic carbocycles. The number of hydrogen-bond donors (Lipinski definition) is 3. The average molecular weight is 238 g/mol. The van der Waals surface area contributed by atoms with Crippen LogP contribution in [0, 0.1) is 0 Å². The van der Waals surface area contributed by atoms with Crippen molar-refractivity contribution in [1.29, 1.82) is 0 Å². The molecule has 0 spiro atoms. The second kappa shape index (κ2) is 3.91. The molecular formula is C7H9F3N4O2. The van der Waals surface area contributed by atoms with E-state index in [-0.39, 0.29) is 5.82 Å². The molecule has 1 rings (SSSR count). The van der Waals surface area contributed by atoms with Crippen LogP contribution < -0.4 is 22.3 Å². The van der Waals surface area contributed by atoms with Gasteiger partial charge in [0, 0.05) is 7.05 Å². The molecule has 0 unspecified atom stereocenters. The minimum Gasteiger partial charge on any atom is -0.383 e. The minimum atomic E-state index is -4.48. The topological polar surface area (TPSA) is 92.9 Å². The van der Waals surface area contributed by atoms with Crippen LogP contribution >= 0.6 is 0 Å². The number of anilines is 2. The maximum Gasteiger partial charge on any atom is 0.405 e. The van der Waals surface area contributed by atoms with E-state index < -0.39 is 29.7 Å². The third-order valence-corrected chi connectivity index (χ3v) is 1.84. The highest BCUT2D eigenvalue weighted by Gasteiger charge is 2.27. The van der Waals surface area contributed by atoms with Crippen LogP contribution in [-0.4, -0.2) is 22.3 Å². The van der Waals surface area contributed by atoms with E-state index in [1.807, 2.05) is 10.3 Å². The van der Waals surface area contributed by atoms with E-state index in [1.165, 1.54) is 7.05 Å². The molecule has 0 saturated heterocycles. The third-order valence-electron chi connectivity index (χ3n) is 1.84. The summed E-state index contributed by atoms with van der Waals surface area (Å²) in [6.45, 7) is -1.40. The predicted octanol–water partition coefficient (Wildman–Crippen LogP) is -0.370. The number of alkyl halides is 3. The van der Waals surface area contributed by atoms with Gasteiger partial charge in [0.1, 0.15) is 18.1 Å². The maximum absolute atomic E-state index is 11.9. The molecule has 4 N–H and O–H groups in total. The monoisotopic (exact) mass is 238 g/mol. The van der Waals surface area contributed by atoms with E-state index in [0.29, 0.717) is 0 Å². The first kappa shape index (κ1) is 12.1. The van der Waals surface area contributed by atoms with Gasteiger partial charge in [-0.15, -0.1) is 0 Å². The van der Waals surface area contributed by atoms with Crippen LogP contribution in [0.4, 0.5) is 24.7 Å². The number of aromatic amines is 1. The van der Waals surface area contributed by atoms with Gasteiger partial charge in [-0.05, 0) is 0 Å². The SMILES string of the molecule is Cn1c(N)c(NCC(F)(F)F)c(=O)[nH]c1=O. The first-order chi connectivity index (χ1) is 7.22. The summed E-state index contributed by atoms with van der Waals surface area (Å²) in [6.07, 6.45) is -4.48. The molecular weight excluding hydrogens is 229 g/mol. The van der Waals surface area contributed by atoms with Crippen LogP contribution in [0.5, 0.6) is 0 Å². The van der Waals surface area contributed by atoms with Crippen molar-refractivity contribution in [3.8, 4) is 0 Å². The molecule has 0 aromatic carbocycles. The van der Waals surface area contributed by atoms with Gasteiger partial charge in [-0.2, -0.15) is 13.2 Å². The highest BCUT2D eigenvalue weighted by Crippen LogP contribution is 2.16. The molecule has 6 nitrogen and oxygen atoms in total. The average Bonchev–Trinajstić information content (AvgIpc) is 2.12. The lowest BCUT2D eigenvalue weighted by Crippen LogP contribution is -2.34. The molecule has 0 atom stereocenters. The van der Waals surface area contributed by atoms with E-state index in [9.17, 15) is 22.8 Å². The van der Waals surface area contributed by atoms with Gasteiger partial charge in [0.05, 0.1) is 0 Å². The van der Waals surface area contributed by atoms with E-state index in [1.54, 1.807) is 0 Å². The molecule has 0 fully saturated rings. The van der Waals surface area contributed by atoms with Gasteiger partial charge >= 0.3 is 11.9 Å². The molecule has 16 heavy (non-hydrogen) atoms. The van der Waals surface area contributed by atoms with Crippen molar-refractivity contribution < 1.29 is 13.2 Å². The van der Waals surface area contributed by atoms with Crippen LogP contribution in [0.2, 0.25) is 0 Å². The molecule has 0 bridgehead atoms. The molecule has 0 radical (unpaired) electrons. The second-order valence-electron chi connectivity index (χ2n) is 3.05. The zero-order valence-electron chi connectivity index (χ0n) is 8.18. The standard InChI is InChI=1S/C7H9F3N4O2/c1-14-4(11)3(5(15)13-6(14)16)12-2-7(8,9)10/h12H,2,11H2,1H3,(H,13,15,16). The molecule has 90 valence electrons. The van der Waals surface area contributed by atoms with Crippen LogP contribution in [-0.2, 0) is 7.05 Å². The fraction of sp³-hybridized carbons (Fsp3) is 0.429.